The number of imidazole rings is 1. The molecule has 14 nitrogen and oxygen atoms in total. The van der Waals surface area contributed by atoms with E-state index in [1.54, 1.807) is 4.90 Å². The molecule has 14 heteroatoms. The summed E-state index contributed by atoms with van der Waals surface area (Å²) in [6.45, 7) is 8.80. The van der Waals surface area contributed by atoms with E-state index in [4.69, 9.17) is 14.5 Å². The summed E-state index contributed by atoms with van der Waals surface area (Å²) < 4.78 is 9.65. The fourth-order valence-corrected chi connectivity index (χ4v) is 13.6. The molecule has 6 atom stereocenters. The summed E-state index contributed by atoms with van der Waals surface area (Å²) in [6, 6.07) is 15.7. The molecule has 6 aliphatic rings. The van der Waals surface area contributed by atoms with E-state index in [0.717, 1.165) is 67.7 Å². The summed E-state index contributed by atoms with van der Waals surface area (Å²) in [5.74, 6) is 1.09. The topological polar surface area (TPSA) is 175 Å². The van der Waals surface area contributed by atoms with Crippen LogP contribution in [-0.4, -0.2) is 95.1 Å². The molecule has 4 aliphatic carbocycles. The van der Waals surface area contributed by atoms with Gasteiger partial charge in [-0.1, -0.05) is 76.9 Å². The third-order valence-electron chi connectivity index (χ3n) is 17.1. The molecule has 1 spiro atoms. The highest BCUT2D eigenvalue weighted by Gasteiger charge is 2.45. The Labute approximate surface area is 417 Å². The van der Waals surface area contributed by atoms with Crippen molar-refractivity contribution in [1.29, 1.82) is 0 Å². The maximum Gasteiger partial charge on any atom is 0.407 e. The average Bonchev–Trinajstić information content (AvgIpc) is 4.24. The highest BCUT2D eigenvalue weighted by atomic mass is 16.5. The number of nitrogens with zero attached hydrogens (tertiary/aromatic N) is 3. The Hall–Kier alpha value is -6.18. The molecular weight excluding hydrogens is 895 g/mol. The number of hydrogen-bond acceptors (Lipinski definition) is 8. The summed E-state index contributed by atoms with van der Waals surface area (Å²) in [4.78, 5) is 77.9. The van der Waals surface area contributed by atoms with Gasteiger partial charge in [-0.25, -0.2) is 14.6 Å². The molecule has 3 aromatic carbocycles. The lowest BCUT2D eigenvalue weighted by atomic mass is 9.80. The van der Waals surface area contributed by atoms with Crippen molar-refractivity contribution >= 4 is 35.6 Å². The van der Waals surface area contributed by atoms with Gasteiger partial charge < -0.3 is 40.2 Å². The minimum Gasteiger partial charge on any atom is -0.453 e. The van der Waals surface area contributed by atoms with Crippen molar-refractivity contribution in [2.45, 2.75) is 154 Å². The summed E-state index contributed by atoms with van der Waals surface area (Å²) >= 11 is 0. The average molecular weight is 966 g/mol. The molecule has 0 radical (unpaired) electrons. The van der Waals surface area contributed by atoms with Gasteiger partial charge in [0.15, 0.2) is 0 Å². The summed E-state index contributed by atoms with van der Waals surface area (Å²) in [7, 11) is 2.60. The number of rotatable bonds is 13. The number of hydrogen-bond donors (Lipinski definition) is 4. The second-order valence-electron chi connectivity index (χ2n) is 22.1. The molecule has 10 rings (SSSR count). The number of ether oxygens (including phenoxy) is 2. The van der Waals surface area contributed by atoms with Crippen LogP contribution in [0.5, 0.6) is 0 Å². The van der Waals surface area contributed by atoms with Crippen molar-refractivity contribution in [3.63, 3.8) is 0 Å². The molecule has 71 heavy (non-hydrogen) atoms. The van der Waals surface area contributed by atoms with Crippen molar-refractivity contribution in [1.82, 2.24) is 30.4 Å². The Balaban J connectivity index is 0.920. The number of carbonyl (C=O) groups is 5. The third-order valence-corrected chi connectivity index (χ3v) is 17.1. The Morgan fingerprint density at radius 3 is 1.99 bits per heavy atom. The van der Waals surface area contributed by atoms with Gasteiger partial charge in [0.2, 0.25) is 17.7 Å². The molecule has 4 aromatic rings. The van der Waals surface area contributed by atoms with Crippen LogP contribution >= 0.6 is 0 Å². The van der Waals surface area contributed by atoms with E-state index in [0.29, 0.717) is 24.9 Å². The van der Waals surface area contributed by atoms with Crippen LogP contribution in [-0.2, 0) is 36.7 Å². The number of anilines is 1. The second kappa shape index (κ2) is 19.8. The van der Waals surface area contributed by atoms with Crippen molar-refractivity contribution in [2.24, 2.45) is 17.3 Å². The van der Waals surface area contributed by atoms with Gasteiger partial charge in [0.1, 0.15) is 17.9 Å². The fraction of sp³-hybridized carbons (Fsp3) is 0.544. The van der Waals surface area contributed by atoms with Gasteiger partial charge in [0.05, 0.1) is 32.2 Å². The van der Waals surface area contributed by atoms with Crippen LogP contribution < -0.4 is 16.0 Å². The first kappa shape index (κ1) is 48.4. The number of likely N-dealkylation sites (tertiary alicyclic amines) is 2. The smallest absolute Gasteiger partial charge is 0.407 e. The van der Waals surface area contributed by atoms with Crippen LogP contribution in [0, 0.1) is 17.3 Å². The number of benzene rings is 3. The third kappa shape index (κ3) is 9.20. The lowest BCUT2D eigenvalue weighted by Gasteiger charge is -2.30. The Morgan fingerprint density at radius 1 is 0.718 bits per heavy atom. The number of amides is 5. The Kier molecular flexibility index (Phi) is 13.5. The lowest BCUT2D eigenvalue weighted by Crippen LogP contribution is -2.52. The first-order chi connectivity index (χ1) is 34.3. The van der Waals surface area contributed by atoms with Crippen LogP contribution in [0.4, 0.5) is 15.3 Å². The molecule has 2 bridgehead atoms. The molecule has 4 N–H and O–H groups in total. The van der Waals surface area contributed by atoms with Crippen molar-refractivity contribution in [3.8, 4) is 33.5 Å². The van der Waals surface area contributed by atoms with Crippen LogP contribution in [0.15, 0.2) is 54.7 Å². The number of methoxy groups -OCH3 is 2. The minimum atomic E-state index is -0.733. The zero-order valence-electron chi connectivity index (χ0n) is 42.3. The van der Waals surface area contributed by atoms with E-state index >= 15 is 0 Å². The highest BCUT2D eigenvalue weighted by molar-refractivity contribution is 5.94. The lowest BCUT2D eigenvalue weighted by molar-refractivity contribution is -0.136. The quantitative estimate of drug-likeness (QED) is 0.102. The summed E-state index contributed by atoms with van der Waals surface area (Å²) in [6.07, 6.45) is 14.7. The molecule has 2 saturated heterocycles. The standard InChI is InChI=1S/C57H71N7O7/c1-32(2)50(61-55(68)70-5)53(66)63-24-10-14-38(63)28-47(65)59-37-13-9-12-34(27-37)39-18-19-40(44-30-57(29-43(39)44)22-7-8-23-57)41-20-21-42(49-36-17-16-35(26-36)48(41)49)45-31-58-52(60-45)46-15-11-25-64(46)54(67)51(33(3)4)62-56(69)71-6/h9,12-13,18-21,27,31-33,35-36,38,46,50-51H,7-8,10-11,14-17,22-26,28-30H2,1-6H3,(H,58,60)(H,59,65)(H,61,68)(H,62,69)/t35?,36?,38-,46+,50?,51-/m0/s1. The van der Waals surface area contributed by atoms with E-state index in [2.05, 4.69) is 57.3 Å². The molecule has 2 aliphatic heterocycles. The van der Waals surface area contributed by atoms with Crippen LogP contribution in [0.1, 0.15) is 151 Å². The molecular formula is C57H71N7O7. The zero-order chi connectivity index (χ0) is 49.7. The van der Waals surface area contributed by atoms with Crippen LogP contribution in [0.2, 0.25) is 0 Å². The molecule has 3 heterocycles. The molecule has 376 valence electrons. The van der Waals surface area contributed by atoms with E-state index < -0.39 is 24.3 Å². The molecule has 2 saturated carbocycles. The minimum absolute atomic E-state index is 0.108. The predicted octanol–water partition coefficient (Wildman–Crippen LogP) is 10.2. The number of carbonyl (C=O) groups excluding carboxylic acids is 5. The van der Waals surface area contributed by atoms with E-state index in [9.17, 15) is 24.0 Å². The molecule has 4 fully saturated rings. The normalized spacial score (nSPS) is 22.5. The summed E-state index contributed by atoms with van der Waals surface area (Å²) in [5.41, 5.74) is 14.1. The molecule has 1 aromatic heterocycles. The van der Waals surface area contributed by atoms with Crippen molar-refractivity contribution in [2.75, 3.05) is 32.6 Å². The predicted molar refractivity (Wildman–Crippen MR) is 273 cm³/mol. The maximum absolute atomic E-state index is 13.9. The number of nitrogens with one attached hydrogen (secondary N) is 4. The molecule has 5 amide bonds. The maximum atomic E-state index is 13.9. The van der Waals surface area contributed by atoms with Crippen molar-refractivity contribution < 1.29 is 33.4 Å². The zero-order valence-corrected chi connectivity index (χ0v) is 42.3. The number of H-pyrrole nitrogens is 1. The van der Waals surface area contributed by atoms with Gasteiger partial charge in [-0.05, 0) is 156 Å². The number of fused-ring (bicyclic) bond motifs is 6. The number of aromatic amines is 1. The van der Waals surface area contributed by atoms with Gasteiger partial charge >= 0.3 is 12.2 Å². The Morgan fingerprint density at radius 2 is 1.31 bits per heavy atom. The van der Waals surface area contributed by atoms with Gasteiger partial charge in [0, 0.05) is 36.8 Å². The number of aromatic nitrogens is 2. The monoisotopic (exact) mass is 966 g/mol. The van der Waals surface area contributed by atoms with Crippen LogP contribution in [0.3, 0.4) is 0 Å². The first-order valence-corrected chi connectivity index (χ1v) is 26.3. The fourth-order valence-electron chi connectivity index (χ4n) is 13.6. The van der Waals surface area contributed by atoms with E-state index in [1.807, 2.05) is 50.9 Å². The van der Waals surface area contributed by atoms with E-state index in [1.165, 1.54) is 97.3 Å². The van der Waals surface area contributed by atoms with Crippen molar-refractivity contribution in [3.05, 3.63) is 82.8 Å². The summed E-state index contributed by atoms with van der Waals surface area (Å²) in [5, 5.41) is 8.64. The van der Waals surface area contributed by atoms with Gasteiger partial charge in [-0.2, -0.15) is 0 Å². The van der Waals surface area contributed by atoms with Gasteiger partial charge in [-0.3, -0.25) is 14.4 Å². The number of alkyl carbamates (subject to hydrolysis) is 2. The second-order valence-corrected chi connectivity index (χ2v) is 22.1. The Bertz CT molecular complexity index is 2720. The van der Waals surface area contributed by atoms with Gasteiger partial charge in [0.25, 0.3) is 0 Å². The van der Waals surface area contributed by atoms with E-state index in [-0.39, 0.29) is 53.5 Å². The largest absolute Gasteiger partial charge is 0.453 e. The first-order valence-electron chi connectivity index (χ1n) is 26.3. The van der Waals surface area contributed by atoms with Gasteiger partial charge in [-0.15, -0.1) is 0 Å². The SMILES string of the molecule is COC(=O)NC(C(=O)N1CCC[C@H]1CC(=O)Nc1cccc(-c2ccc(-c3ccc(-c4cnc([C@H]5CCCN5C(=O)[C@@H](NC(=O)OC)C(C)C)[nH]4)c4c3C3CCC4C3)c3c2CC2(CCCC2)C3)c1)C(C)C. The highest BCUT2D eigenvalue weighted by Crippen LogP contribution is 2.60. The molecule has 3 unspecified atom stereocenters. The van der Waals surface area contributed by atoms with Crippen LogP contribution in [0.25, 0.3) is 33.5 Å².